The van der Waals surface area contributed by atoms with Gasteiger partial charge in [-0.15, -0.1) is 11.3 Å². The Morgan fingerprint density at radius 3 is 2.50 bits per heavy atom. The average Bonchev–Trinajstić information content (AvgIpc) is 2.89. The van der Waals surface area contributed by atoms with Crippen molar-refractivity contribution in [2.75, 3.05) is 6.61 Å². The molecular weight excluding hydrogens is 288 g/mol. The molecule has 0 amide bonds. The Morgan fingerprint density at radius 2 is 1.80 bits per heavy atom. The molecule has 0 saturated heterocycles. The second-order valence-electron chi connectivity index (χ2n) is 4.90. The van der Waals surface area contributed by atoms with Gasteiger partial charge in [0.15, 0.2) is 0 Å². The van der Waals surface area contributed by atoms with E-state index in [0.29, 0.717) is 0 Å². The molecule has 0 aliphatic rings. The van der Waals surface area contributed by atoms with Gasteiger partial charge >= 0.3 is 0 Å². The number of thiophene rings is 1. The molecule has 0 fully saturated rings. The maximum absolute atomic E-state index is 9.69. The van der Waals surface area contributed by atoms with Gasteiger partial charge in [-0.3, -0.25) is 0 Å². The van der Waals surface area contributed by atoms with Gasteiger partial charge in [0, 0.05) is 10.8 Å². The molecule has 3 rings (SSSR count). The molecule has 1 atom stereocenters. The fourth-order valence-electron chi connectivity index (χ4n) is 2.45. The Hall–Kier alpha value is -1.35. The van der Waals surface area contributed by atoms with Crippen LogP contribution in [0.15, 0.2) is 54.6 Å². The van der Waals surface area contributed by atoms with E-state index in [0.717, 1.165) is 10.8 Å². The minimum absolute atomic E-state index is 0.120. The highest BCUT2D eigenvalue weighted by molar-refractivity contribution is 7.16. The van der Waals surface area contributed by atoms with Gasteiger partial charge in [0.1, 0.15) is 0 Å². The van der Waals surface area contributed by atoms with E-state index >= 15 is 0 Å². The third-order valence-electron chi connectivity index (χ3n) is 3.54. The van der Waals surface area contributed by atoms with Crippen LogP contribution in [0.5, 0.6) is 0 Å². The molecule has 1 nitrogen and oxygen atoms in total. The smallest absolute Gasteiger partial charge is 0.0931 e. The highest BCUT2D eigenvalue weighted by Gasteiger charge is 2.13. The molecule has 0 saturated carbocycles. The van der Waals surface area contributed by atoms with Gasteiger partial charge in [0.05, 0.1) is 10.9 Å². The van der Waals surface area contributed by atoms with E-state index in [-0.39, 0.29) is 12.5 Å². The van der Waals surface area contributed by atoms with Crippen molar-refractivity contribution < 1.29 is 5.11 Å². The second kappa shape index (κ2) is 5.96. The predicted molar refractivity (Wildman–Crippen MR) is 86.8 cm³/mol. The normalized spacial score (nSPS) is 12.7. The van der Waals surface area contributed by atoms with E-state index in [2.05, 4.69) is 30.3 Å². The average molecular weight is 303 g/mol. The molecule has 0 spiro atoms. The summed E-state index contributed by atoms with van der Waals surface area (Å²) < 4.78 is 0.801. The molecule has 102 valence electrons. The summed E-state index contributed by atoms with van der Waals surface area (Å²) in [6.45, 7) is 0.147. The van der Waals surface area contributed by atoms with E-state index < -0.39 is 0 Å². The van der Waals surface area contributed by atoms with Crippen molar-refractivity contribution in [2.24, 2.45) is 0 Å². The van der Waals surface area contributed by atoms with E-state index in [9.17, 15) is 5.11 Å². The van der Waals surface area contributed by atoms with Crippen LogP contribution in [0, 0.1) is 0 Å². The van der Waals surface area contributed by atoms with Crippen LogP contribution in [0.2, 0.25) is 4.34 Å². The highest BCUT2D eigenvalue weighted by atomic mass is 35.5. The molecular formula is C17H15ClOS. The number of aliphatic hydroxyl groups is 1. The lowest BCUT2D eigenvalue weighted by Gasteiger charge is -2.14. The highest BCUT2D eigenvalue weighted by Crippen LogP contribution is 2.29. The quantitative estimate of drug-likeness (QED) is 0.728. The third kappa shape index (κ3) is 2.88. The van der Waals surface area contributed by atoms with Crippen LogP contribution in [0.1, 0.15) is 16.4 Å². The number of hydrogen-bond acceptors (Lipinski definition) is 2. The third-order valence-corrected chi connectivity index (χ3v) is 4.80. The minimum atomic E-state index is 0.120. The van der Waals surface area contributed by atoms with Gasteiger partial charge in [-0.05, 0) is 34.9 Å². The van der Waals surface area contributed by atoms with Crippen LogP contribution in [-0.4, -0.2) is 11.7 Å². The van der Waals surface area contributed by atoms with Crippen molar-refractivity contribution in [3.63, 3.8) is 0 Å². The van der Waals surface area contributed by atoms with Crippen molar-refractivity contribution in [1.82, 2.24) is 0 Å². The van der Waals surface area contributed by atoms with Crippen molar-refractivity contribution in [3.05, 3.63) is 69.4 Å². The van der Waals surface area contributed by atoms with Gasteiger partial charge in [0.2, 0.25) is 0 Å². The molecule has 1 unspecified atom stereocenters. The summed E-state index contributed by atoms with van der Waals surface area (Å²) in [7, 11) is 0. The number of rotatable bonds is 4. The van der Waals surface area contributed by atoms with Crippen molar-refractivity contribution in [3.8, 4) is 0 Å². The first-order valence-corrected chi connectivity index (χ1v) is 7.79. The van der Waals surface area contributed by atoms with Gasteiger partial charge < -0.3 is 5.11 Å². The van der Waals surface area contributed by atoms with Gasteiger partial charge in [-0.2, -0.15) is 0 Å². The van der Waals surface area contributed by atoms with E-state index in [1.807, 2.05) is 24.3 Å². The summed E-state index contributed by atoms with van der Waals surface area (Å²) in [6.07, 6.45) is 0.826. The summed E-state index contributed by atoms with van der Waals surface area (Å²) in [6, 6.07) is 18.6. The molecule has 2 aromatic carbocycles. The predicted octanol–water partition coefficient (Wildman–Crippen LogP) is 4.87. The summed E-state index contributed by atoms with van der Waals surface area (Å²) in [5.41, 5.74) is 1.18. The maximum Gasteiger partial charge on any atom is 0.0931 e. The molecule has 1 N–H and O–H groups in total. The lowest BCUT2D eigenvalue weighted by molar-refractivity contribution is 0.265. The van der Waals surface area contributed by atoms with E-state index in [1.165, 1.54) is 21.2 Å². The Morgan fingerprint density at radius 1 is 1.00 bits per heavy atom. The van der Waals surface area contributed by atoms with Crippen LogP contribution in [-0.2, 0) is 6.42 Å². The van der Waals surface area contributed by atoms with E-state index in [4.69, 9.17) is 11.6 Å². The molecule has 0 aliphatic heterocycles. The molecule has 3 aromatic rings. The fraction of sp³-hybridized carbons (Fsp3) is 0.176. The zero-order chi connectivity index (χ0) is 13.9. The van der Waals surface area contributed by atoms with Gasteiger partial charge in [-0.1, -0.05) is 54.1 Å². The lowest BCUT2D eigenvalue weighted by atomic mass is 9.94. The van der Waals surface area contributed by atoms with Crippen LogP contribution in [0.3, 0.4) is 0 Å². The molecule has 0 aliphatic carbocycles. The number of halogens is 1. The number of hydrogen-bond donors (Lipinski definition) is 1. The molecule has 3 heteroatoms. The van der Waals surface area contributed by atoms with Gasteiger partial charge in [-0.25, -0.2) is 0 Å². The SMILES string of the molecule is OCC(Cc1ccc(Cl)s1)c1ccc2ccccc2c1. The molecule has 20 heavy (non-hydrogen) atoms. The van der Waals surface area contributed by atoms with Crippen LogP contribution < -0.4 is 0 Å². The molecule has 0 bridgehead atoms. The zero-order valence-corrected chi connectivity index (χ0v) is 12.5. The first-order chi connectivity index (χ1) is 9.76. The monoisotopic (exact) mass is 302 g/mol. The Bertz CT molecular complexity index is 720. The van der Waals surface area contributed by atoms with Crippen molar-refractivity contribution in [1.29, 1.82) is 0 Å². The van der Waals surface area contributed by atoms with Gasteiger partial charge in [0.25, 0.3) is 0 Å². The molecule has 0 radical (unpaired) electrons. The van der Waals surface area contributed by atoms with Crippen LogP contribution in [0.25, 0.3) is 10.8 Å². The standard InChI is InChI=1S/C17H15ClOS/c18-17-8-7-16(20-17)10-15(11-19)14-6-5-12-3-1-2-4-13(12)9-14/h1-9,15,19H,10-11H2. The summed E-state index contributed by atoms with van der Waals surface area (Å²) in [5, 5.41) is 12.1. The van der Waals surface area contributed by atoms with Crippen LogP contribution >= 0.6 is 22.9 Å². The molecule has 1 heterocycles. The minimum Gasteiger partial charge on any atom is -0.396 e. The summed E-state index contributed by atoms with van der Waals surface area (Å²) in [5.74, 6) is 0.120. The number of benzene rings is 2. The molecule has 1 aromatic heterocycles. The number of fused-ring (bicyclic) bond motifs is 1. The maximum atomic E-state index is 9.69. The Labute approximate surface area is 127 Å². The second-order valence-corrected chi connectivity index (χ2v) is 6.70. The first kappa shape index (κ1) is 13.6. The largest absolute Gasteiger partial charge is 0.396 e. The van der Waals surface area contributed by atoms with Crippen LogP contribution in [0.4, 0.5) is 0 Å². The Balaban J connectivity index is 1.90. The number of aliphatic hydroxyl groups excluding tert-OH is 1. The first-order valence-electron chi connectivity index (χ1n) is 6.60. The topological polar surface area (TPSA) is 20.2 Å². The summed E-state index contributed by atoms with van der Waals surface area (Å²) in [4.78, 5) is 1.21. The summed E-state index contributed by atoms with van der Waals surface area (Å²) >= 11 is 7.55. The Kier molecular flexibility index (Phi) is 4.06. The fourth-order valence-corrected chi connectivity index (χ4v) is 3.62. The van der Waals surface area contributed by atoms with Crippen molar-refractivity contribution in [2.45, 2.75) is 12.3 Å². The lowest BCUT2D eigenvalue weighted by Crippen LogP contribution is -2.06. The van der Waals surface area contributed by atoms with E-state index in [1.54, 1.807) is 11.3 Å². The van der Waals surface area contributed by atoms with Crippen molar-refractivity contribution >= 4 is 33.7 Å². The zero-order valence-electron chi connectivity index (χ0n) is 10.9.